The maximum atomic E-state index is 5.44. The van der Waals surface area contributed by atoms with Crippen LogP contribution < -0.4 is 0 Å². The summed E-state index contributed by atoms with van der Waals surface area (Å²) in [4.78, 5) is 12.9. The first kappa shape index (κ1) is 13.1. The van der Waals surface area contributed by atoms with Gasteiger partial charge in [0.05, 0.1) is 6.61 Å². The van der Waals surface area contributed by atoms with E-state index in [9.17, 15) is 0 Å². The Hall–Kier alpha value is -2.54. The largest absolute Gasteiger partial charge is 0.381 e. The number of pyridine rings is 1. The lowest BCUT2D eigenvalue weighted by Gasteiger charge is -2.09. The molecule has 4 heterocycles. The van der Waals surface area contributed by atoms with Gasteiger partial charge in [-0.25, -0.2) is 4.98 Å². The maximum Gasteiger partial charge on any atom is 0.246 e. The molecule has 22 heavy (non-hydrogen) atoms. The van der Waals surface area contributed by atoms with Crippen LogP contribution in [0.4, 0.5) is 0 Å². The van der Waals surface area contributed by atoms with Gasteiger partial charge in [0.2, 0.25) is 11.7 Å². The van der Waals surface area contributed by atoms with Crippen LogP contribution in [0.3, 0.4) is 0 Å². The molecule has 7 heteroatoms. The molecule has 0 aromatic carbocycles. The first-order valence-corrected chi connectivity index (χ1v) is 7.22. The molecule has 0 aliphatic carbocycles. The summed E-state index contributed by atoms with van der Waals surface area (Å²) in [5.41, 5.74) is 0.840. The topological polar surface area (TPSA) is 78.9 Å². The van der Waals surface area contributed by atoms with Gasteiger partial charge >= 0.3 is 0 Å². The summed E-state index contributed by atoms with van der Waals surface area (Å²) in [6.45, 7) is 2.03. The number of nitrogens with zero attached hydrogens (tertiary/aromatic N) is 5. The zero-order chi connectivity index (χ0) is 14.8. The highest BCUT2D eigenvalue weighted by Crippen LogP contribution is 2.24. The predicted octanol–water partition coefficient (Wildman–Crippen LogP) is 1.88. The molecule has 1 aliphatic heterocycles. The van der Waals surface area contributed by atoms with Crippen molar-refractivity contribution in [3.8, 4) is 11.4 Å². The third-order valence-corrected chi connectivity index (χ3v) is 3.74. The van der Waals surface area contributed by atoms with Crippen molar-refractivity contribution in [1.29, 1.82) is 0 Å². The first-order valence-electron chi connectivity index (χ1n) is 7.22. The average molecular weight is 297 g/mol. The minimum Gasteiger partial charge on any atom is -0.381 e. The van der Waals surface area contributed by atoms with Crippen LogP contribution in [0.25, 0.3) is 11.4 Å². The Morgan fingerprint density at radius 2 is 2.32 bits per heavy atom. The molecule has 112 valence electrons. The first-order chi connectivity index (χ1) is 10.9. The second-order valence-electron chi connectivity index (χ2n) is 5.23. The Labute approximate surface area is 127 Å². The van der Waals surface area contributed by atoms with Crippen LogP contribution in [0, 0.1) is 0 Å². The van der Waals surface area contributed by atoms with E-state index in [4.69, 9.17) is 9.26 Å². The average Bonchev–Trinajstić information content (AvgIpc) is 3.30. The highest BCUT2D eigenvalue weighted by Gasteiger charge is 2.22. The van der Waals surface area contributed by atoms with Gasteiger partial charge in [-0.2, -0.15) is 4.98 Å². The molecule has 0 N–H and O–H groups in total. The van der Waals surface area contributed by atoms with E-state index >= 15 is 0 Å². The second kappa shape index (κ2) is 5.69. The van der Waals surface area contributed by atoms with Gasteiger partial charge in [-0.1, -0.05) is 5.16 Å². The number of aromatic nitrogens is 5. The zero-order valence-corrected chi connectivity index (χ0v) is 11.9. The molecule has 0 radical (unpaired) electrons. The van der Waals surface area contributed by atoms with Gasteiger partial charge < -0.3 is 13.8 Å². The normalized spacial score (nSPS) is 17.9. The number of imidazole rings is 1. The summed E-state index contributed by atoms with van der Waals surface area (Å²) >= 11 is 0. The van der Waals surface area contributed by atoms with Crippen molar-refractivity contribution in [2.75, 3.05) is 13.2 Å². The SMILES string of the molecule is c1cncc(-c2noc(Cn3ccnc3[C@H]3CCOC3)n2)c1. The van der Waals surface area contributed by atoms with E-state index in [0.717, 1.165) is 31.0 Å². The minimum absolute atomic E-state index is 0.343. The number of hydrogen-bond acceptors (Lipinski definition) is 6. The predicted molar refractivity (Wildman–Crippen MR) is 77.0 cm³/mol. The summed E-state index contributed by atoms with van der Waals surface area (Å²) in [7, 11) is 0. The molecule has 0 bridgehead atoms. The molecule has 0 unspecified atom stereocenters. The third kappa shape index (κ3) is 2.50. The van der Waals surface area contributed by atoms with Crippen LogP contribution in [-0.2, 0) is 11.3 Å². The van der Waals surface area contributed by atoms with Crippen molar-refractivity contribution < 1.29 is 9.26 Å². The maximum absolute atomic E-state index is 5.44. The summed E-state index contributed by atoms with van der Waals surface area (Å²) in [5, 5.41) is 4.01. The lowest BCUT2D eigenvalue weighted by Crippen LogP contribution is -2.10. The summed E-state index contributed by atoms with van der Waals surface area (Å²) in [6, 6.07) is 3.75. The van der Waals surface area contributed by atoms with Crippen molar-refractivity contribution in [3.05, 3.63) is 48.6 Å². The number of hydrogen-bond donors (Lipinski definition) is 0. The van der Waals surface area contributed by atoms with Gasteiger partial charge in [-0.15, -0.1) is 0 Å². The lowest BCUT2D eigenvalue weighted by molar-refractivity contribution is 0.192. The fourth-order valence-corrected chi connectivity index (χ4v) is 2.63. The molecule has 0 amide bonds. The molecule has 0 saturated carbocycles. The van der Waals surface area contributed by atoms with Crippen molar-refractivity contribution in [1.82, 2.24) is 24.7 Å². The molecule has 1 fully saturated rings. The van der Waals surface area contributed by atoms with Crippen LogP contribution in [-0.4, -0.2) is 37.9 Å². The van der Waals surface area contributed by atoms with Crippen molar-refractivity contribution in [2.45, 2.75) is 18.9 Å². The highest BCUT2D eigenvalue weighted by molar-refractivity contribution is 5.51. The molecule has 7 nitrogen and oxygen atoms in total. The minimum atomic E-state index is 0.343. The number of rotatable bonds is 4. The van der Waals surface area contributed by atoms with E-state index in [1.165, 1.54) is 0 Å². The van der Waals surface area contributed by atoms with Gasteiger partial charge in [-0.3, -0.25) is 4.98 Å². The Bertz CT molecular complexity index is 746. The van der Waals surface area contributed by atoms with Gasteiger partial charge in [0.1, 0.15) is 12.4 Å². The van der Waals surface area contributed by atoms with E-state index in [0.29, 0.717) is 24.2 Å². The molecule has 4 rings (SSSR count). The standard InChI is InChI=1S/C15H15N5O2/c1-2-11(8-16-4-1)14-18-13(22-19-14)9-20-6-5-17-15(20)12-3-7-21-10-12/h1-2,4-6,8,12H,3,7,9-10H2/t12-/m0/s1. The van der Waals surface area contributed by atoms with Gasteiger partial charge in [-0.05, 0) is 18.6 Å². The zero-order valence-electron chi connectivity index (χ0n) is 11.9. The summed E-state index contributed by atoms with van der Waals surface area (Å²) < 4.78 is 12.8. The molecule has 1 atom stereocenters. The van der Waals surface area contributed by atoms with Gasteiger partial charge in [0.25, 0.3) is 0 Å². The van der Waals surface area contributed by atoms with Gasteiger partial charge in [0, 0.05) is 42.9 Å². The van der Waals surface area contributed by atoms with E-state index in [2.05, 4.69) is 20.1 Å². The van der Waals surface area contributed by atoms with Crippen molar-refractivity contribution >= 4 is 0 Å². The molecular weight excluding hydrogens is 282 g/mol. The van der Waals surface area contributed by atoms with Crippen LogP contribution in [0.1, 0.15) is 24.1 Å². The summed E-state index contributed by atoms with van der Waals surface area (Å²) in [6.07, 6.45) is 8.16. The van der Waals surface area contributed by atoms with Crippen LogP contribution in [0.5, 0.6) is 0 Å². The van der Waals surface area contributed by atoms with E-state index in [-0.39, 0.29) is 0 Å². The fourth-order valence-electron chi connectivity index (χ4n) is 2.63. The summed E-state index contributed by atoms with van der Waals surface area (Å²) in [5.74, 6) is 2.46. The molecule has 1 aliphatic rings. The van der Waals surface area contributed by atoms with E-state index in [1.807, 2.05) is 22.9 Å². The quantitative estimate of drug-likeness (QED) is 0.731. The molecule has 3 aromatic heterocycles. The Kier molecular flexibility index (Phi) is 3.40. The third-order valence-electron chi connectivity index (χ3n) is 3.74. The smallest absolute Gasteiger partial charge is 0.246 e. The highest BCUT2D eigenvalue weighted by atomic mass is 16.5. The molecule has 1 saturated heterocycles. The number of ether oxygens (including phenoxy) is 1. The molecule has 3 aromatic rings. The monoisotopic (exact) mass is 297 g/mol. The molecular formula is C15H15N5O2. The van der Waals surface area contributed by atoms with Gasteiger partial charge in [0.15, 0.2) is 0 Å². The Morgan fingerprint density at radius 3 is 3.14 bits per heavy atom. The molecule has 0 spiro atoms. The Morgan fingerprint density at radius 1 is 1.32 bits per heavy atom. The van der Waals surface area contributed by atoms with Crippen molar-refractivity contribution in [2.24, 2.45) is 0 Å². The van der Waals surface area contributed by atoms with Crippen LogP contribution in [0.2, 0.25) is 0 Å². The fraction of sp³-hybridized carbons (Fsp3) is 0.333. The van der Waals surface area contributed by atoms with Crippen LogP contribution in [0.15, 0.2) is 41.4 Å². The lowest BCUT2D eigenvalue weighted by atomic mass is 10.1. The van der Waals surface area contributed by atoms with Crippen molar-refractivity contribution in [3.63, 3.8) is 0 Å². The van der Waals surface area contributed by atoms with E-state index < -0.39 is 0 Å². The van der Waals surface area contributed by atoms with Crippen LogP contribution >= 0.6 is 0 Å². The van der Waals surface area contributed by atoms with E-state index in [1.54, 1.807) is 18.6 Å². The second-order valence-corrected chi connectivity index (χ2v) is 5.23. The Balaban J connectivity index is 1.55.